The molecule has 1 heterocycles. The third kappa shape index (κ3) is 4.20. The molecular formula is C12H24N2O. The summed E-state index contributed by atoms with van der Waals surface area (Å²) in [4.78, 5) is 13.8. The Morgan fingerprint density at radius 3 is 3.00 bits per heavy atom. The lowest BCUT2D eigenvalue weighted by Gasteiger charge is -2.30. The first-order valence-electron chi connectivity index (χ1n) is 6.25. The summed E-state index contributed by atoms with van der Waals surface area (Å²) in [7, 11) is 0. The van der Waals surface area contributed by atoms with E-state index in [2.05, 4.69) is 12.2 Å². The molecule has 1 atom stereocenters. The molecule has 1 aliphatic heterocycles. The minimum Gasteiger partial charge on any atom is -0.342 e. The van der Waals surface area contributed by atoms with Crippen LogP contribution in [0.1, 0.15) is 39.5 Å². The Morgan fingerprint density at radius 1 is 1.47 bits per heavy atom. The Labute approximate surface area is 93.2 Å². The van der Waals surface area contributed by atoms with E-state index in [0.717, 1.165) is 39.0 Å². The van der Waals surface area contributed by atoms with Crippen molar-refractivity contribution in [3.63, 3.8) is 0 Å². The minimum absolute atomic E-state index is 0.252. The normalized spacial score (nSPS) is 22.1. The molecule has 0 spiro atoms. The number of likely N-dealkylation sites (tertiary alicyclic amines) is 1. The van der Waals surface area contributed by atoms with Crippen LogP contribution in [0.25, 0.3) is 0 Å². The molecule has 1 fully saturated rings. The SMILES string of the molecule is CCCNCCCN1CCCC(C)C1=O. The highest BCUT2D eigenvalue weighted by Crippen LogP contribution is 2.16. The predicted octanol–water partition coefficient (Wildman–Crippen LogP) is 1.63. The van der Waals surface area contributed by atoms with Crippen molar-refractivity contribution >= 4 is 5.91 Å². The third-order valence-electron chi connectivity index (χ3n) is 3.01. The first kappa shape index (κ1) is 12.5. The maximum Gasteiger partial charge on any atom is 0.225 e. The molecule has 1 saturated heterocycles. The smallest absolute Gasteiger partial charge is 0.225 e. The van der Waals surface area contributed by atoms with Crippen molar-refractivity contribution in [2.45, 2.75) is 39.5 Å². The Balaban J connectivity index is 2.12. The van der Waals surface area contributed by atoms with Crippen molar-refractivity contribution in [1.82, 2.24) is 10.2 Å². The van der Waals surface area contributed by atoms with E-state index in [1.165, 1.54) is 12.8 Å². The van der Waals surface area contributed by atoms with Crippen molar-refractivity contribution in [3.8, 4) is 0 Å². The average Bonchev–Trinajstić information content (AvgIpc) is 2.24. The number of hydrogen-bond donors (Lipinski definition) is 1. The van der Waals surface area contributed by atoms with Crippen LogP contribution in [-0.4, -0.2) is 37.0 Å². The number of rotatable bonds is 6. The highest BCUT2D eigenvalue weighted by atomic mass is 16.2. The fraction of sp³-hybridized carbons (Fsp3) is 0.917. The van der Waals surface area contributed by atoms with Gasteiger partial charge in [-0.25, -0.2) is 0 Å². The summed E-state index contributed by atoms with van der Waals surface area (Å²) in [5, 5.41) is 3.36. The van der Waals surface area contributed by atoms with Gasteiger partial charge in [0, 0.05) is 19.0 Å². The van der Waals surface area contributed by atoms with E-state index in [9.17, 15) is 4.79 Å². The number of hydrogen-bond acceptors (Lipinski definition) is 2. The van der Waals surface area contributed by atoms with Crippen LogP contribution in [-0.2, 0) is 4.79 Å². The highest BCUT2D eigenvalue weighted by Gasteiger charge is 2.24. The zero-order chi connectivity index (χ0) is 11.1. The van der Waals surface area contributed by atoms with Gasteiger partial charge in [0.2, 0.25) is 5.91 Å². The molecule has 1 aliphatic rings. The fourth-order valence-electron chi connectivity index (χ4n) is 2.05. The highest BCUT2D eigenvalue weighted by molar-refractivity contribution is 5.79. The molecular weight excluding hydrogens is 188 g/mol. The summed E-state index contributed by atoms with van der Waals surface area (Å²) >= 11 is 0. The maximum absolute atomic E-state index is 11.8. The van der Waals surface area contributed by atoms with Crippen LogP contribution in [0, 0.1) is 5.92 Å². The molecule has 0 aliphatic carbocycles. The van der Waals surface area contributed by atoms with Gasteiger partial charge in [0.05, 0.1) is 0 Å². The van der Waals surface area contributed by atoms with E-state index >= 15 is 0 Å². The molecule has 0 saturated carbocycles. The summed E-state index contributed by atoms with van der Waals surface area (Å²) in [6, 6.07) is 0. The fourth-order valence-corrected chi connectivity index (χ4v) is 2.05. The van der Waals surface area contributed by atoms with Gasteiger partial charge in [-0.1, -0.05) is 13.8 Å². The molecule has 0 aromatic rings. The summed E-state index contributed by atoms with van der Waals surface area (Å²) in [5.41, 5.74) is 0. The summed E-state index contributed by atoms with van der Waals surface area (Å²) in [6.07, 6.45) is 4.51. The number of carbonyl (C=O) groups is 1. The van der Waals surface area contributed by atoms with Gasteiger partial charge in [0.15, 0.2) is 0 Å². The summed E-state index contributed by atoms with van der Waals surface area (Å²) in [5.74, 6) is 0.610. The van der Waals surface area contributed by atoms with E-state index in [4.69, 9.17) is 0 Å². The molecule has 3 nitrogen and oxygen atoms in total. The van der Waals surface area contributed by atoms with Crippen molar-refractivity contribution in [3.05, 3.63) is 0 Å². The molecule has 0 aromatic carbocycles. The molecule has 15 heavy (non-hydrogen) atoms. The van der Waals surface area contributed by atoms with Crippen molar-refractivity contribution < 1.29 is 4.79 Å². The molecule has 0 radical (unpaired) electrons. The van der Waals surface area contributed by atoms with Crippen LogP contribution in [0.2, 0.25) is 0 Å². The Morgan fingerprint density at radius 2 is 2.27 bits per heavy atom. The quantitative estimate of drug-likeness (QED) is 0.679. The standard InChI is InChI=1S/C12H24N2O/c1-3-7-13-8-5-10-14-9-4-6-11(2)12(14)15/h11,13H,3-10H2,1-2H3. The van der Waals surface area contributed by atoms with Gasteiger partial charge < -0.3 is 10.2 Å². The second-order valence-electron chi connectivity index (χ2n) is 4.47. The maximum atomic E-state index is 11.8. The first-order valence-corrected chi connectivity index (χ1v) is 6.25. The van der Waals surface area contributed by atoms with Crippen LogP contribution in [0.15, 0.2) is 0 Å². The van der Waals surface area contributed by atoms with Gasteiger partial charge in [-0.05, 0) is 38.8 Å². The van der Waals surface area contributed by atoms with E-state index < -0.39 is 0 Å². The summed E-state index contributed by atoms with van der Waals surface area (Å²) < 4.78 is 0. The van der Waals surface area contributed by atoms with E-state index in [0.29, 0.717) is 5.91 Å². The summed E-state index contributed by atoms with van der Waals surface area (Å²) in [6.45, 7) is 8.24. The molecule has 1 amide bonds. The number of nitrogens with one attached hydrogen (secondary N) is 1. The monoisotopic (exact) mass is 212 g/mol. The average molecular weight is 212 g/mol. The lowest BCUT2D eigenvalue weighted by Crippen LogP contribution is -2.41. The predicted molar refractivity (Wildman–Crippen MR) is 62.8 cm³/mol. The van der Waals surface area contributed by atoms with Crippen LogP contribution < -0.4 is 5.32 Å². The van der Waals surface area contributed by atoms with E-state index in [-0.39, 0.29) is 5.92 Å². The van der Waals surface area contributed by atoms with Crippen molar-refractivity contribution in [2.75, 3.05) is 26.2 Å². The Hall–Kier alpha value is -0.570. The van der Waals surface area contributed by atoms with E-state index in [1.54, 1.807) is 0 Å². The molecule has 0 bridgehead atoms. The van der Waals surface area contributed by atoms with Gasteiger partial charge in [-0.3, -0.25) is 4.79 Å². The molecule has 1 N–H and O–H groups in total. The van der Waals surface area contributed by atoms with Gasteiger partial charge in [-0.2, -0.15) is 0 Å². The molecule has 1 unspecified atom stereocenters. The van der Waals surface area contributed by atoms with Gasteiger partial charge >= 0.3 is 0 Å². The van der Waals surface area contributed by atoms with Crippen molar-refractivity contribution in [2.24, 2.45) is 5.92 Å². The Kier molecular flexibility index (Phi) is 5.69. The largest absolute Gasteiger partial charge is 0.342 e. The molecule has 88 valence electrons. The zero-order valence-corrected chi connectivity index (χ0v) is 10.1. The number of amides is 1. The van der Waals surface area contributed by atoms with Crippen LogP contribution in [0.5, 0.6) is 0 Å². The molecule has 0 aromatic heterocycles. The van der Waals surface area contributed by atoms with Gasteiger partial charge in [-0.15, -0.1) is 0 Å². The third-order valence-corrected chi connectivity index (χ3v) is 3.01. The van der Waals surface area contributed by atoms with Crippen LogP contribution in [0.3, 0.4) is 0 Å². The zero-order valence-electron chi connectivity index (χ0n) is 10.1. The molecule has 1 rings (SSSR count). The lowest BCUT2D eigenvalue weighted by molar-refractivity contribution is -0.137. The number of piperidine rings is 1. The lowest BCUT2D eigenvalue weighted by atomic mass is 9.99. The van der Waals surface area contributed by atoms with Crippen LogP contribution >= 0.6 is 0 Å². The number of nitrogens with zero attached hydrogens (tertiary/aromatic N) is 1. The van der Waals surface area contributed by atoms with Crippen LogP contribution in [0.4, 0.5) is 0 Å². The minimum atomic E-state index is 0.252. The number of carbonyl (C=O) groups excluding carboxylic acids is 1. The molecule has 3 heteroatoms. The first-order chi connectivity index (χ1) is 7.25. The topological polar surface area (TPSA) is 32.3 Å². The Bertz CT molecular complexity index is 194. The van der Waals surface area contributed by atoms with E-state index in [1.807, 2.05) is 11.8 Å². The van der Waals surface area contributed by atoms with Gasteiger partial charge in [0.25, 0.3) is 0 Å². The van der Waals surface area contributed by atoms with Gasteiger partial charge in [0.1, 0.15) is 0 Å². The second-order valence-corrected chi connectivity index (χ2v) is 4.47. The van der Waals surface area contributed by atoms with Crippen molar-refractivity contribution in [1.29, 1.82) is 0 Å². The second kappa shape index (κ2) is 6.83.